The highest BCUT2D eigenvalue weighted by Crippen LogP contribution is 2.11. The Bertz CT molecular complexity index is 301. The van der Waals surface area contributed by atoms with E-state index in [-0.39, 0.29) is 5.91 Å². The van der Waals surface area contributed by atoms with E-state index in [0.29, 0.717) is 18.6 Å². The Balaban J connectivity index is 2.24. The molecule has 4 nitrogen and oxygen atoms in total. The van der Waals surface area contributed by atoms with Crippen LogP contribution in [0.15, 0.2) is 0 Å². The van der Waals surface area contributed by atoms with Crippen LogP contribution in [-0.4, -0.2) is 61.5 Å². The SMILES string of the molecule is C#CCC(C)NC1CCN(CC(=O)N(C)C)CC1. The predicted molar refractivity (Wildman–Crippen MR) is 74.2 cm³/mol. The molecule has 1 N–H and O–H groups in total. The second-order valence-electron chi connectivity index (χ2n) is 5.31. The molecule has 0 aromatic rings. The van der Waals surface area contributed by atoms with Gasteiger partial charge in [-0.05, 0) is 19.8 Å². The zero-order valence-corrected chi connectivity index (χ0v) is 11.8. The highest BCUT2D eigenvalue weighted by Gasteiger charge is 2.21. The van der Waals surface area contributed by atoms with Crippen molar-refractivity contribution in [2.75, 3.05) is 33.7 Å². The summed E-state index contributed by atoms with van der Waals surface area (Å²) in [5.41, 5.74) is 0. The van der Waals surface area contributed by atoms with Crippen LogP contribution in [0.3, 0.4) is 0 Å². The van der Waals surface area contributed by atoms with Crippen molar-refractivity contribution in [2.45, 2.75) is 38.3 Å². The zero-order chi connectivity index (χ0) is 13.5. The molecular weight excluding hydrogens is 226 g/mol. The van der Waals surface area contributed by atoms with E-state index in [0.717, 1.165) is 32.4 Å². The maximum atomic E-state index is 11.6. The molecule has 1 fully saturated rings. The first kappa shape index (κ1) is 15.0. The minimum absolute atomic E-state index is 0.183. The van der Waals surface area contributed by atoms with E-state index in [2.05, 4.69) is 23.1 Å². The van der Waals surface area contributed by atoms with E-state index in [4.69, 9.17) is 6.42 Å². The highest BCUT2D eigenvalue weighted by molar-refractivity contribution is 5.77. The maximum absolute atomic E-state index is 11.6. The molecular formula is C14H25N3O. The Morgan fingerprint density at radius 2 is 2.11 bits per heavy atom. The Kier molecular flexibility index (Phi) is 6.17. The van der Waals surface area contributed by atoms with E-state index in [9.17, 15) is 4.79 Å². The monoisotopic (exact) mass is 251 g/mol. The average molecular weight is 251 g/mol. The fourth-order valence-corrected chi connectivity index (χ4v) is 2.23. The molecule has 0 aromatic carbocycles. The molecule has 1 atom stereocenters. The Labute approximate surface area is 111 Å². The Morgan fingerprint density at radius 3 is 2.61 bits per heavy atom. The molecule has 0 aromatic heterocycles. The molecule has 0 bridgehead atoms. The number of hydrogen-bond acceptors (Lipinski definition) is 3. The van der Waals surface area contributed by atoms with Crippen LogP contribution in [0.25, 0.3) is 0 Å². The molecule has 0 spiro atoms. The zero-order valence-electron chi connectivity index (χ0n) is 11.8. The first-order valence-corrected chi connectivity index (χ1v) is 6.65. The summed E-state index contributed by atoms with van der Waals surface area (Å²) in [7, 11) is 3.61. The van der Waals surface area contributed by atoms with E-state index < -0.39 is 0 Å². The molecule has 102 valence electrons. The van der Waals surface area contributed by atoms with Gasteiger partial charge < -0.3 is 10.2 Å². The van der Waals surface area contributed by atoms with Crippen molar-refractivity contribution in [3.05, 3.63) is 0 Å². The standard InChI is InChI=1S/C14H25N3O/c1-5-6-12(2)15-13-7-9-17(10-8-13)11-14(18)16(3)4/h1,12-13,15H,6-11H2,2-4H3. The van der Waals surface area contributed by atoms with Crippen LogP contribution < -0.4 is 5.32 Å². The van der Waals surface area contributed by atoms with Gasteiger partial charge in [0.05, 0.1) is 6.54 Å². The molecule has 0 radical (unpaired) electrons. The second kappa shape index (κ2) is 7.40. The highest BCUT2D eigenvalue weighted by atomic mass is 16.2. The molecule has 18 heavy (non-hydrogen) atoms. The van der Waals surface area contributed by atoms with Gasteiger partial charge in [-0.25, -0.2) is 0 Å². The van der Waals surface area contributed by atoms with Crippen LogP contribution in [0.5, 0.6) is 0 Å². The third kappa shape index (κ3) is 5.07. The van der Waals surface area contributed by atoms with E-state index in [1.54, 1.807) is 19.0 Å². The first-order chi connectivity index (χ1) is 8.52. The Morgan fingerprint density at radius 1 is 1.50 bits per heavy atom. The number of nitrogens with one attached hydrogen (secondary N) is 1. The number of likely N-dealkylation sites (N-methyl/N-ethyl adjacent to an activating group) is 1. The molecule has 1 heterocycles. The lowest BCUT2D eigenvalue weighted by Crippen LogP contribution is -2.47. The van der Waals surface area contributed by atoms with Gasteiger partial charge >= 0.3 is 0 Å². The van der Waals surface area contributed by atoms with Gasteiger partial charge in [-0.3, -0.25) is 9.69 Å². The van der Waals surface area contributed by atoms with Crippen LogP contribution in [0.1, 0.15) is 26.2 Å². The smallest absolute Gasteiger partial charge is 0.236 e. The molecule has 4 heteroatoms. The fourth-order valence-electron chi connectivity index (χ4n) is 2.23. The number of carbonyl (C=O) groups excluding carboxylic acids is 1. The predicted octanol–water partition coefficient (Wildman–Crippen LogP) is 0.540. The molecule has 1 rings (SSSR count). The van der Waals surface area contributed by atoms with Gasteiger partial charge in [0, 0.05) is 45.7 Å². The van der Waals surface area contributed by atoms with Crippen molar-refractivity contribution < 1.29 is 4.79 Å². The van der Waals surface area contributed by atoms with Gasteiger partial charge in [0.25, 0.3) is 0 Å². The van der Waals surface area contributed by atoms with E-state index >= 15 is 0 Å². The number of likely N-dealkylation sites (tertiary alicyclic amines) is 1. The average Bonchev–Trinajstić information content (AvgIpc) is 2.31. The first-order valence-electron chi connectivity index (χ1n) is 6.65. The Hall–Kier alpha value is -1.05. The number of amides is 1. The number of carbonyl (C=O) groups is 1. The lowest BCUT2D eigenvalue weighted by atomic mass is 10.0. The number of piperidine rings is 1. The lowest BCUT2D eigenvalue weighted by molar-refractivity contribution is -0.130. The van der Waals surface area contributed by atoms with Crippen LogP contribution >= 0.6 is 0 Å². The molecule has 1 amide bonds. The van der Waals surface area contributed by atoms with Crippen LogP contribution in [0, 0.1) is 12.3 Å². The van der Waals surface area contributed by atoms with Crippen molar-refractivity contribution >= 4 is 5.91 Å². The quantitative estimate of drug-likeness (QED) is 0.725. The largest absolute Gasteiger partial charge is 0.348 e. The maximum Gasteiger partial charge on any atom is 0.236 e. The van der Waals surface area contributed by atoms with Crippen molar-refractivity contribution in [1.29, 1.82) is 0 Å². The summed E-state index contributed by atoms with van der Waals surface area (Å²) in [6.45, 7) is 4.64. The van der Waals surface area contributed by atoms with Gasteiger partial charge in [0.2, 0.25) is 5.91 Å². The van der Waals surface area contributed by atoms with Crippen LogP contribution in [0.2, 0.25) is 0 Å². The topological polar surface area (TPSA) is 35.6 Å². The number of nitrogens with zero attached hydrogens (tertiary/aromatic N) is 2. The molecule has 1 aliphatic heterocycles. The van der Waals surface area contributed by atoms with Gasteiger partial charge in [-0.2, -0.15) is 0 Å². The summed E-state index contributed by atoms with van der Waals surface area (Å²) < 4.78 is 0. The van der Waals surface area contributed by atoms with E-state index in [1.807, 2.05) is 0 Å². The van der Waals surface area contributed by atoms with Crippen molar-refractivity contribution in [3.8, 4) is 12.3 Å². The van der Waals surface area contributed by atoms with Gasteiger partial charge in [0.15, 0.2) is 0 Å². The summed E-state index contributed by atoms with van der Waals surface area (Å²) >= 11 is 0. The minimum Gasteiger partial charge on any atom is -0.348 e. The molecule has 1 unspecified atom stereocenters. The summed E-state index contributed by atoms with van der Waals surface area (Å²) in [5, 5.41) is 3.55. The van der Waals surface area contributed by atoms with Gasteiger partial charge in [-0.1, -0.05) is 0 Å². The fraction of sp³-hybridized carbons (Fsp3) is 0.786. The van der Waals surface area contributed by atoms with Gasteiger partial charge in [-0.15, -0.1) is 12.3 Å². The lowest BCUT2D eigenvalue weighted by Gasteiger charge is -2.33. The summed E-state index contributed by atoms with van der Waals surface area (Å²) in [6.07, 6.45) is 8.26. The molecule has 1 saturated heterocycles. The third-order valence-electron chi connectivity index (χ3n) is 3.39. The number of hydrogen-bond donors (Lipinski definition) is 1. The van der Waals surface area contributed by atoms with Crippen LogP contribution in [0.4, 0.5) is 0 Å². The number of rotatable bonds is 5. The van der Waals surface area contributed by atoms with Crippen molar-refractivity contribution in [1.82, 2.24) is 15.1 Å². The number of terminal acetylenes is 1. The third-order valence-corrected chi connectivity index (χ3v) is 3.39. The second-order valence-corrected chi connectivity index (χ2v) is 5.31. The molecule has 0 saturated carbocycles. The summed E-state index contributed by atoms with van der Waals surface area (Å²) in [4.78, 5) is 15.5. The summed E-state index contributed by atoms with van der Waals surface area (Å²) in [6, 6.07) is 0.925. The summed E-state index contributed by atoms with van der Waals surface area (Å²) in [5.74, 6) is 2.86. The normalized spacial score (nSPS) is 19.2. The van der Waals surface area contributed by atoms with E-state index in [1.165, 1.54) is 0 Å². The minimum atomic E-state index is 0.183. The van der Waals surface area contributed by atoms with Crippen molar-refractivity contribution in [2.24, 2.45) is 0 Å². The molecule has 1 aliphatic rings. The van der Waals surface area contributed by atoms with Crippen LogP contribution in [-0.2, 0) is 4.79 Å². The van der Waals surface area contributed by atoms with Crippen molar-refractivity contribution in [3.63, 3.8) is 0 Å². The van der Waals surface area contributed by atoms with Gasteiger partial charge in [0.1, 0.15) is 0 Å². The molecule has 0 aliphatic carbocycles.